The van der Waals surface area contributed by atoms with E-state index in [0.717, 1.165) is 17.9 Å². The quantitative estimate of drug-likeness (QED) is 0.707. The molecule has 0 radical (unpaired) electrons. The average molecular weight is 403 g/mol. The molecule has 1 unspecified atom stereocenters. The van der Waals surface area contributed by atoms with Crippen molar-refractivity contribution in [1.29, 1.82) is 0 Å². The highest BCUT2D eigenvalue weighted by atomic mass is 79.9. The Morgan fingerprint density at radius 1 is 1.04 bits per heavy atom. The lowest BCUT2D eigenvalue weighted by atomic mass is 10.2. The summed E-state index contributed by atoms with van der Waals surface area (Å²) in [6.45, 7) is 0.872. The SMILES string of the molecule is Br.CN(Cc1ccccc1)c1ccc(N=NC2N(C)C=NN2C)cc1. The van der Waals surface area contributed by atoms with Crippen molar-refractivity contribution >= 4 is 34.7 Å². The molecule has 0 N–H and O–H groups in total. The summed E-state index contributed by atoms with van der Waals surface area (Å²) in [5.41, 5.74) is 3.27. The van der Waals surface area contributed by atoms with Gasteiger partial charge in [-0.05, 0) is 29.8 Å². The molecule has 1 aliphatic rings. The highest BCUT2D eigenvalue weighted by Crippen LogP contribution is 2.21. The van der Waals surface area contributed by atoms with Crippen LogP contribution in [0.2, 0.25) is 0 Å². The Morgan fingerprint density at radius 2 is 1.72 bits per heavy atom. The van der Waals surface area contributed by atoms with Crippen LogP contribution in [-0.2, 0) is 6.54 Å². The number of halogens is 1. The zero-order valence-electron chi connectivity index (χ0n) is 14.6. The van der Waals surface area contributed by atoms with E-state index in [1.54, 1.807) is 11.3 Å². The van der Waals surface area contributed by atoms with Crippen LogP contribution in [0.3, 0.4) is 0 Å². The molecule has 2 aromatic rings. The Bertz CT molecular complexity index is 704. The molecule has 1 aliphatic heterocycles. The van der Waals surface area contributed by atoms with Gasteiger partial charge in [0.05, 0.1) is 5.69 Å². The predicted molar refractivity (Wildman–Crippen MR) is 108 cm³/mol. The summed E-state index contributed by atoms with van der Waals surface area (Å²) in [4.78, 5) is 4.12. The first kappa shape index (κ1) is 18.9. The van der Waals surface area contributed by atoms with Gasteiger partial charge in [-0.15, -0.1) is 22.1 Å². The lowest BCUT2D eigenvalue weighted by Crippen LogP contribution is -2.32. The Kier molecular flexibility index (Phi) is 6.52. The number of hydrazone groups is 1. The summed E-state index contributed by atoms with van der Waals surface area (Å²) in [7, 11) is 5.90. The number of rotatable bonds is 5. The number of benzene rings is 2. The fourth-order valence-corrected chi connectivity index (χ4v) is 2.54. The van der Waals surface area contributed by atoms with Gasteiger partial charge in [-0.1, -0.05) is 30.3 Å². The predicted octanol–water partition coefficient (Wildman–Crippen LogP) is 4.09. The van der Waals surface area contributed by atoms with Gasteiger partial charge in [0.15, 0.2) is 0 Å². The van der Waals surface area contributed by atoms with Gasteiger partial charge < -0.3 is 9.80 Å². The zero-order valence-corrected chi connectivity index (χ0v) is 16.4. The van der Waals surface area contributed by atoms with E-state index in [4.69, 9.17) is 0 Å². The van der Waals surface area contributed by atoms with Crippen LogP contribution >= 0.6 is 17.0 Å². The van der Waals surface area contributed by atoms with Crippen molar-refractivity contribution in [2.45, 2.75) is 12.8 Å². The minimum Gasteiger partial charge on any atom is -0.370 e. The lowest BCUT2D eigenvalue weighted by Gasteiger charge is -2.20. The van der Waals surface area contributed by atoms with E-state index in [1.807, 2.05) is 37.2 Å². The van der Waals surface area contributed by atoms with Gasteiger partial charge in [-0.3, -0.25) is 5.01 Å². The summed E-state index contributed by atoms with van der Waals surface area (Å²) in [6.07, 6.45) is 1.57. The zero-order chi connectivity index (χ0) is 16.9. The van der Waals surface area contributed by atoms with E-state index in [9.17, 15) is 0 Å². The second-order valence-electron chi connectivity index (χ2n) is 5.89. The third kappa shape index (κ3) is 4.79. The van der Waals surface area contributed by atoms with E-state index in [0.29, 0.717) is 0 Å². The van der Waals surface area contributed by atoms with Crippen LogP contribution in [-0.4, -0.2) is 43.7 Å². The molecule has 0 fully saturated rings. The van der Waals surface area contributed by atoms with Gasteiger partial charge in [0, 0.05) is 33.4 Å². The van der Waals surface area contributed by atoms with Crippen molar-refractivity contribution in [3.63, 3.8) is 0 Å². The van der Waals surface area contributed by atoms with Crippen LogP contribution in [0.4, 0.5) is 11.4 Å². The molecule has 1 atom stereocenters. The smallest absolute Gasteiger partial charge is 0.233 e. The maximum atomic E-state index is 4.34. The lowest BCUT2D eigenvalue weighted by molar-refractivity contribution is 0.183. The first-order valence-corrected chi connectivity index (χ1v) is 7.88. The fraction of sp³-hybridized carbons (Fsp3) is 0.278. The summed E-state index contributed by atoms with van der Waals surface area (Å²) < 4.78 is 0. The van der Waals surface area contributed by atoms with E-state index in [1.165, 1.54) is 5.56 Å². The standard InChI is InChI=1S/C18H22N6.BrH/c1-22(13-15-7-5-4-6-8-15)17-11-9-16(10-12-17)20-21-18-23(2)14-19-24(18)3;/h4-12,14,18H,13H2,1-3H3;1H. The summed E-state index contributed by atoms with van der Waals surface area (Å²) >= 11 is 0. The highest BCUT2D eigenvalue weighted by Gasteiger charge is 2.20. The number of hydrogen-bond donors (Lipinski definition) is 0. The van der Waals surface area contributed by atoms with Gasteiger partial charge in [-0.2, -0.15) is 10.2 Å². The van der Waals surface area contributed by atoms with Crippen molar-refractivity contribution in [3.05, 3.63) is 60.2 Å². The largest absolute Gasteiger partial charge is 0.370 e. The molecule has 0 spiro atoms. The first-order valence-electron chi connectivity index (χ1n) is 7.88. The van der Waals surface area contributed by atoms with E-state index >= 15 is 0 Å². The topological polar surface area (TPSA) is 46.8 Å². The van der Waals surface area contributed by atoms with E-state index < -0.39 is 0 Å². The number of nitrogens with zero attached hydrogens (tertiary/aromatic N) is 6. The summed E-state index contributed by atoms with van der Waals surface area (Å²) in [5, 5.41) is 14.6. The van der Waals surface area contributed by atoms with Crippen LogP contribution < -0.4 is 4.90 Å². The van der Waals surface area contributed by atoms with Crippen molar-refractivity contribution in [1.82, 2.24) is 9.91 Å². The van der Waals surface area contributed by atoms with Gasteiger partial charge >= 0.3 is 0 Å². The highest BCUT2D eigenvalue weighted by molar-refractivity contribution is 8.93. The van der Waals surface area contributed by atoms with E-state index in [2.05, 4.69) is 63.7 Å². The Balaban J connectivity index is 0.00000225. The Hall–Kier alpha value is -2.41. The van der Waals surface area contributed by atoms with E-state index in [-0.39, 0.29) is 23.3 Å². The molecule has 6 nitrogen and oxygen atoms in total. The van der Waals surface area contributed by atoms with Crippen LogP contribution in [0, 0.1) is 0 Å². The Morgan fingerprint density at radius 3 is 2.32 bits per heavy atom. The molecule has 0 aliphatic carbocycles. The molecular formula is C18H23BrN6. The molecule has 132 valence electrons. The van der Waals surface area contributed by atoms with Crippen molar-refractivity contribution < 1.29 is 0 Å². The number of azo groups is 1. The minimum atomic E-state index is -0.176. The first-order chi connectivity index (χ1) is 11.6. The second-order valence-corrected chi connectivity index (χ2v) is 5.89. The molecular weight excluding hydrogens is 380 g/mol. The van der Waals surface area contributed by atoms with Crippen LogP contribution in [0.1, 0.15) is 5.56 Å². The number of anilines is 1. The fourth-order valence-electron chi connectivity index (χ4n) is 2.54. The molecule has 0 saturated carbocycles. The molecule has 0 saturated heterocycles. The number of hydrogen-bond acceptors (Lipinski definition) is 6. The van der Waals surface area contributed by atoms with Crippen LogP contribution in [0.15, 0.2) is 69.9 Å². The molecule has 7 heteroatoms. The third-order valence-corrected chi connectivity index (χ3v) is 3.94. The molecule has 0 aromatic heterocycles. The monoisotopic (exact) mass is 402 g/mol. The summed E-state index contributed by atoms with van der Waals surface area (Å²) in [5.74, 6) is 0. The van der Waals surface area contributed by atoms with Crippen LogP contribution in [0.5, 0.6) is 0 Å². The maximum absolute atomic E-state index is 4.34. The van der Waals surface area contributed by atoms with Gasteiger partial charge in [0.2, 0.25) is 6.29 Å². The maximum Gasteiger partial charge on any atom is 0.233 e. The van der Waals surface area contributed by atoms with Gasteiger partial charge in [0.1, 0.15) is 6.34 Å². The van der Waals surface area contributed by atoms with Gasteiger partial charge in [0.25, 0.3) is 0 Å². The molecule has 0 amide bonds. The van der Waals surface area contributed by atoms with Crippen LogP contribution in [0.25, 0.3) is 0 Å². The summed E-state index contributed by atoms with van der Waals surface area (Å²) in [6, 6.07) is 18.5. The molecule has 25 heavy (non-hydrogen) atoms. The molecule has 1 heterocycles. The minimum absolute atomic E-state index is 0. The molecule has 2 aromatic carbocycles. The van der Waals surface area contributed by atoms with Crippen molar-refractivity contribution in [2.24, 2.45) is 15.3 Å². The Labute approximate surface area is 159 Å². The second kappa shape index (κ2) is 8.62. The molecule has 0 bridgehead atoms. The third-order valence-electron chi connectivity index (χ3n) is 3.94. The average Bonchev–Trinajstić information content (AvgIpc) is 2.92. The van der Waals surface area contributed by atoms with Crippen molar-refractivity contribution in [3.8, 4) is 0 Å². The normalized spacial score (nSPS) is 16.4. The van der Waals surface area contributed by atoms with Gasteiger partial charge in [-0.25, -0.2) is 0 Å². The van der Waals surface area contributed by atoms with Crippen molar-refractivity contribution in [2.75, 3.05) is 26.0 Å². The molecule has 3 rings (SSSR count).